The lowest BCUT2D eigenvalue weighted by Gasteiger charge is -2.23. The van der Waals surface area contributed by atoms with Crippen molar-refractivity contribution >= 4 is 11.6 Å². The number of nitrogens with zero attached hydrogens (tertiary/aromatic N) is 4. The molecule has 0 aliphatic heterocycles. The largest absolute Gasteiger partial charge is 0.303 e. The SMILES string of the molecule is Cc1nn(-c2ccc(F)cc2)c(C)c1CC(=O)N(Cc1ccccn1)c1ccc(F)cc1F. The third kappa shape index (κ3) is 4.79. The van der Waals surface area contributed by atoms with Gasteiger partial charge in [0.15, 0.2) is 0 Å². The lowest BCUT2D eigenvalue weighted by molar-refractivity contribution is -0.118. The lowest BCUT2D eigenvalue weighted by atomic mass is 10.1. The Bertz CT molecular complexity index is 1290. The third-order valence-electron chi connectivity index (χ3n) is 5.39. The van der Waals surface area contributed by atoms with Crippen LogP contribution >= 0.6 is 0 Å². The van der Waals surface area contributed by atoms with Crippen LogP contribution < -0.4 is 4.90 Å². The number of aryl methyl sites for hydroxylation is 1. The summed E-state index contributed by atoms with van der Waals surface area (Å²) in [5, 5.41) is 4.50. The summed E-state index contributed by atoms with van der Waals surface area (Å²) >= 11 is 0. The lowest BCUT2D eigenvalue weighted by Crippen LogP contribution is -2.33. The van der Waals surface area contributed by atoms with Crippen LogP contribution in [-0.4, -0.2) is 20.7 Å². The second-order valence-electron chi connectivity index (χ2n) is 7.61. The predicted molar refractivity (Wildman–Crippen MR) is 118 cm³/mol. The van der Waals surface area contributed by atoms with E-state index in [0.29, 0.717) is 28.3 Å². The van der Waals surface area contributed by atoms with Crippen LogP contribution in [-0.2, 0) is 17.8 Å². The first kappa shape index (κ1) is 22.3. The maximum atomic E-state index is 14.6. The maximum Gasteiger partial charge on any atom is 0.231 e. The van der Waals surface area contributed by atoms with E-state index in [1.54, 1.807) is 48.1 Å². The van der Waals surface area contributed by atoms with Gasteiger partial charge in [-0.25, -0.2) is 17.9 Å². The summed E-state index contributed by atoms with van der Waals surface area (Å²) < 4.78 is 43.1. The average molecular weight is 450 g/mol. The van der Waals surface area contributed by atoms with E-state index >= 15 is 0 Å². The van der Waals surface area contributed by atoms with Crippen LogP contribution in [0.3, 0.4) is 0 Å². The molecule has 0 fully saturated rings. The van der Waals surface area contributed by atoms with Crippen molar-refractivity contribution in [2.24, 2.45) is 0 Å². The third-order valence-corrected chi connectivity index (χ3v) is 5.39. The van der Waals surface area contributed by atoms with Crippen LogP contribution in [0.2, 0.25) is 0 Å². The highest BCUT2D eigenvalue weighted by molar-refractivity contribution is 5.95. The first-order valence-corrected chi connectivity index (χ1v) is 10.3. The molecule has 0 unspecified atom stereocenters. The fraction of sp³-hybridized carbons (Fsp3) is 0.160. The number of rotatable bonds is 6. The standard InChI is InChI=1S/C25H21F3N4O/c1-16-22(17(2)32(30-16)21-9-6-18(26)7-10-21)14-25(33)31(15-20-5-3-4-12-29-20)24-11-8-19(27)13-23(24)28/h3-13H,14-15H2,1-2H3. The van der Waals surface area contributed by atoms with Gasteiger partial charge in [0.25, 0.3) is 0 Å². The Morgan fingerprint density at radius 3 is 2.36 bits per heavy atom. The molecule has 0 saturated heterocycles. The molecule has 8 heteroatoms. The summed E-state index contributed by atoms with van der Waals surface area (Å²) in [5.74, 6) is -2.32. The first-order chi connectivity index (χ1) is 15.8. The molecule has 4 aromatic rings. The minimum atomic E-state index is -0.838. The Labute approximate surface area is 189 Å². The Balaban J connectivity index is 1.68. The average Bonchev–Trinajstić information content (AvgIpc) is 3.07. The van der Waals surface area contributed by atoms with Crippen molar-refractivity contribution in [2.45, 2.75) is 26.8 Å². The van der Waals surface area contributed by atoms with Crippen molar-refractivity contribution in [3.05, 3.63) is 107 Å². The number of hydrogen-bond acceptors (Lipinski definition) is 3. The molecule has 168 valence electrons. The number of benzene rings is 2. The predicted octanol–water partition coefficient (Wildman–Crippen LogP) is 5.08. The molecule has 0 atom stereocenters. The van der Waals surface area contributed by atoms with Gasteiger partial charge in [-0.3, -0.25) is 9.78 Å². The van der Waals surface area contributed by atoms with Gasteiger partial charge in [-0.2, -0.15) is 5.10 Å². The maximum absolute atomic E-state index is 14.6. The van der Waals surface area contributed by atoms with E-state index in [-0.39, 0.29) is 24.5 Å². The number of hydrogen-bond donors (Lipinski definition) is 0. The van der Waals surface area contributed by atoms with Crippen LogP contribution in [0.25, 0.3) is 5.69 Å². The molecule has 2 heterocycles. The number of amides is 1. The monoisotopic (exact) mass is 450 g/mol. The summed E-state index contributed by atoms with van der Waals surface area (Å²) in [6, 6.07) is 14.2. The van der Waals surface area contributed by atoms with Crippen LogP contribution in [0, 0.1) is 31.3 Å². The minimum absolute atomic E-state index is 0.0203. The van der Waals surface area contributed by atoms with Crippen LogP contribution in [0.1, 0.15) is 22.6 Å². The molecule has 33 heavy (non-hydrogen) atoms. The van der Waals surface area contributed by atoms with E-state index in [1.165, 1.54) is 23.1 Å². The zero-order valence-electron chi connectivity index (χ0n) is 18.1. The highest BCUT2D eigenvalue weighted by Gasteiger charge is 2.24. The molecule has 0 N–H and O–H groups in total. The molecular formula is C25H21F3N4O. The topological polar surface area (TPSA) is 51.0 Å². The quantitative estimate of drug-likeness (QED) is 0.412. The summed E-state index contributed by atoms with van der Waals surface area (Å²) in [5.41, 5.74) is 3.20. The zero-order chi connectivity index (χ0) is 23.5. The summed E-state index contributed by atoms with van der Waals surface area (Å²) in [7, 11) is 0. The van der Waals surface area contributed by atoms with Gasteiger partial charge in [0, 0.05) is 23.5 Å². The van der Waals surface area contributed by atoms with Gasteiger partial charge < -0.3 is 4.90 Å². The second-order valence-corrected chi connectivity index (χ2v) is 7.61. The molecule has 0 radical (unpaired) electrons. The van der Waals surface area contributed by atoms with Crippen LogP contribution in [0.15, 0.2) is 66.9 Å². The molecular weight excluding hydrogens is 429 g/mol. The number of carbonyl (C=O) groups excluding carboxylic acids is 1. The van der Waals surface area contributed by atoms with Crippen molar-refractivity contribution in [1.29, 1.82) is 0 Å². The number of anilines is 1. The van der Waals surface area contributed by atoms with Crippen molar-refractivity contribution in [2.75, 3.05) is 4.90 Å². The Morgan fingerprint density at radius 1 is 0.970 bits per heavy atom. The van der Waals surface area contributed by atoms with Crippen LogP contribution in [0.4, 0.5) is 18.9 Å². The fourth-order valence-electron chi connectivity index (χ4n) is 3.67. The molecule has 2 aromatic carbocycles. The van der Waals surface area contributed by atoms with Crippen molar-refractivity contribution in [3.8, 4) is 5.69 Å². The minimum Gasteiger partial charge on any atom is -0.303 e. The van der Waals surface area contributed by atoms with E-state index in [4.69, 9.17) is 0 Å². The Kier molecular flexibility index (Phi) is 6.26. The molecule has 0 bridgehead atoms. The van der Waals surface area contributed by atoms with Crippen LogP contribution in [0.5, 0.6) is 0 Å². The fourth-order valence-corrected chi connectivity index (χ4v) is 3.67. The van der Waals surface area contributed by atoms with E-state index in [1.807, 2.05) is 6.92 Å². The highest BCUT2D eigenvalue weighted by Crippen LogP contribution is 2.25. The van der Waals surface area contributed by atoms with Gasteiger partial charge in [0.05, 0.1) is 35.7 Å². The van der Waals surface area contributed by atoms with Crippen molar-refractivity contribution in [3.63, 3.8) is 0 Å². The molecule has 0 aliphatic rings. The van der Waals surface area contributed by atoms with Gasteiger partial charge in [-0.05, 0) is 62.4 Å². The number of carbonyl (C=O) groups is 1. The van der Waals surface area contributed by atoms with E-state index in [9.17, 15) is 18.0 Å². The summed E-state index contributed by atoms with van der Waals surface area (Å²) in [6.45, 7) is 3.61. The number of pyridine rings is 1. The van der Waals surface area contributed by atoms with Gasteiger partial charge in [-0.1, -0.05) is 6.07 Å². The Hall–Kier alpha value is -3.94. The number of aromatic nitrogens is 3. The molecule has 5 nitrogen and oxygen atoms in total. The van der Waals surface area contributed by atoms with E-state index in [0.717, 1.165) is 12.1 Å². The first-order valence-electron chi connectivity index (χ1n) is 10.3. The molecule has 0 aliphatic carbocycles. The molecule has 1 amide bonds. The van der Waals surface area contributed by atoms with E-state index < -0.39 is 17.5 Å². The van der Waals surface area contributed by atoms with E-state index in [2.05, 4.69) is 10.1 Å². The summed E-state index contributed by atoms with van der Waals surface area (Å²) in [4.78, 5) is 18.9. The molecule has 4 rings (SSSR count). The zero-order valence-corrected chi connectivity index (χ0v) is 18.1. The summed E-state index contributed by atoms with van der Waals surface area (Å²) in [6.07, 6.45) is 1.53. The molecule has 2 aromatic heterocycles. The smallest absolute Gasteiger partial charge is 0.231 e. The highest BCUT2D eigenvalue weighted by atomic mass is 19.1. The molecule has 0 spiro atoms. The van der Waals surface area contributed by atoms with Gasteiger partial charge >= 0.3 is 0 Å². The second kappa shape index (κ2) is 9.28. The van der Waals surface area contributed by atoms with Gasteiger partial charge in [0.2, 0.25) is 5.91 Å². The molecule has 0 saturated carbocycles. The van der Waals surface area contributed by atoms with Crippen molar-refractivity contribution in [1.82, 2.24) is 14.8 Å². The van der Waals surface area contributed by atoms with Gasteiger partial charge in [0.1, 0.15) is 17.5 Å². The van der Waals surface area contributed by atoms with Crippen molar-refractivity contribution < 1.29 is 18.0 Å². The van der Waals surface area contributed by atoms with Gasteiger partial charge in [-0.15, -0.1) is 0 Å². The normalized spacial score (nSPS) is 10.9. The Morgan fingerprint density at radius 2 is 1.70 bits per heavy atom. The number of halogens is 3.